The lowest BCUT2D eigenvalue weighted by molar-refractivity contribution is 0.0908. The molecular weight excluding hydrogens is 274 g/mol. The molecule has 0 fully saturated rings. The van der Waals surface area contributed by atoms with Gasteiger partial charge in [-0.3, -0.25) is 4.79 Å². The lowest BCUT2D eigenvalue weighted by Gasteiger charge is -2.25. The van der Waals surface area contributed by atoms with Gasteiger partial charge in [-0.1, -0.05) is 31.9 Å². The molecule has 0 saturated heterocycles. The third-order valence-electron chi connectivity index (χ3n) is 2.97. The second kappa shape index (κ2) is 7.48. The highest BCUT2D eigenvalue weighted by molar-refractivity contribution is 6.33. The smallest absolute Gasteiger partial charge is 0.253 e. The van der Waals surface area contributed by atoms with Crippen molar-refractivity contribution in [1.29, 1.82) is 0 Å². The van der Waals surface area contributed by atoms with E-state index in [1.807, 2.05) is 13.8 Å². The number of halogens is 1. The zero-order chi connectivity index (χ0) is 15.2. The molecule has 0 spiro atoms. The average Bonchev–Trinajstić information content (AvgIpc) is 2.36. The molecule has 2 N–H and O–H groups in total. The fourth-order valence-corrected chi connectivity index (χ4v) is 2.24. The number of nitrogens with one attached hydrogen (secondary N) is 2. The van der Waals surface area contributed by atoms with Crippen LogP contribution in [0.2, 0.25) is 5.02 Å². The molecule has 0 aromatic carbocycles. The van der Waals surface area contributed by atoms with Crippen molar-refractivity contribution < 1.29 is 4.79 Å². The van der Waals surface area contributed by atoms with Crippen LogP contribution in [0.4, 0.5) is 5.82 Å². The summed E-state index contributed by atoms with van der Waals surface area (Å²) in [5, 5.41) is 6.60. The van der Waals surface area contributed by atoms with Crippen molar-refractivity contribution in [3.05, 3.63) is 22.8 Å². The number of nitrogens with zero attached hydrogens (tertiary/aromatic N) is 1. The van der Waals surface area contributed by atoms with Gasteiger partial charge in [0, 0.05) is 18.3 Å². The molecule has 0 aliphatic rings. The minimum atomic E-state index is -0.225. The van der Waals surface area contributed by atoms with Crippen LogP contribution in [0.25, 0.3) is 0 Å². The van der Waals surface area contributed by atoms with Crippen molar-refractivity contribution in [2.24, 2.45) is 0 Å². The number of aromatic nitrogens is 1. The molecule has 0 aliphatic heterocycles. The average molecular weight is 298 g/mol. The molecule has 5 heteroatoms. The van der Waals surface area contributed by atoms with Gasteiger partial charge in [-0.05, 0) is 32.8 Å². The lowest BCUT2D eigenvalue weighted by atomic mass is 9.98. The summed E-state index contributed by atoms with van der Waals surface area (Å²) in [6.07, 6.45) is 4.49. The zero-order valence-corrected chi connectivity index (χ0v) is 13.5. The van der Waals surface area contributed by atoms with E-state index < -0.39 is 0 Å². The van der Waals surface area contributed by atoms with Gasteiger partial charge in [0.2, 0.25) is 0 Å². The van der Waals surface area contributed by atoms with Gasteiger partial charge in [0.15, 0.2) is 0 Å². The summed E-state index contributed by atoms with van der Waals surface area (Å²) >= 11 is 6.14. The highest BCUT2D eigenvalue weighted by Gasteiger charge is 2.20. The molecule has 112 valence electrons. The molecule has 4 nitrogen and oxygen atoms in total. The Hall–Kier alpha value is -1.29. The molecule has 0 radical (unpaired) electrons. The number of carbonyl (C=O) groups excluding carboxylic acids is 1. The van der Waals surface area contributed by atoms with E-state index in [0.29, 0.717) is 16.4 Å². The van der Waals surface area contributed by atoms with E-state index in [1.54, 1.807) is 12.3 Å². The summed E-state index contributed by atoms with van der Waals surface area (Å²) in [7, 11) is 0. The number of carbonyl (C=O) groups is 1. The van der Waals surface area contributed by atoms with Gasteiger partial charge in [-0.25, -0.2) is 4.98 Å². The quantitative estimate of drug-likeness (QED) is 0.803. The zero-order valence-electron chi connectivity index (χ0n) is 12.7. The second-order valence-corrected chi connectivity index (χ2v) is 5.98. The molecule has 1 amide bonds. The summed E-state index contributed by atoms with van der Waals surface area (Å²) in [6.45, 7) is 9.00. The van der Waals surface area contributed by atoms with Crippen LogP contribution in [0.15, 0.2) is 12.3 Å². The molecule has 0 bridgehead atoms. The second-order valence-electron chi connectivity index (χ2n) is 5.57. The van der Waals surface area contributed by atoms with Crippen molar-refractivity contribution in [2.75, 3.05) is 11.9 Å². The van der Waals surface area contributed by atoms with E-state index in [1.165, 1.54) is 0 Å². The van der Waals surface area contributed by atoms with Crippen LogP contribution < -0.4 is 10.6 Å². The first-order valence-corrected chi connectivity index (χ1v) is 7.49. The van der Waals surface area contributed by atoms with E-state index in [-0.39, 0.29) is 11.4 Å². The van der Waals surface area contributed by atoms with Gasteiger partial charge in [-0.2, -0.15) is 0 Å². The van der Waals surface area contributed by atoms with Crippen molar-refractivity contribution in [1.82, 2.24) is 10.3 Å². The fraction of sp³-hybridized carbons (Fsp3) is 0.600. The first-order valence-electron chi connectivity index (χ1n) is 7.11. The van der Waals surface area contributed by atoms with Crippen LogP contribution in [0.1, 0.15) is 57.3 Å². The van der Waals surface area contributed by atoms with E-state index in [4.69, 9.17) is 11.6 Å². The maximum absolute atomic E-state index is 12.2. The summed E-state index contributed by atoms with van der Waals surface area (Å²) in [6, 6.07) is 1.66. The minimum Gasteiger partial charge on any atom is -0.369 e. The fourth-order valence-electron chi connectivity index (χ4n) is 2.00. The Labute approximate surface area is 126 Å². The Bertz CT molecular complexity index is 460. The number of hydrogen-bond donors (Lipinski definition) is 2. The lowest BCUT2D eigenvalue weighted by Crippen LogP contribution is -2.43. The SMILES string of the molecule is CCCNc1ncc(C(=O)NC(C)(C)CCC)cc1Cl. The Morgan fingerprint density at radius 3 is 2.60 bits per heavy atom. The molecule has 0 saturated carbocycles. The number of rotatable bonds is 7. The van der Waals surface area contributed by atoms with Crippen LogP contribution in [0.5, 0.6) is 0 Å². The maximum atomic E-state index is 12.2. The molecule has 0 aliphatic carbocycles. The van der Waals surface area contributed by atoms with Crippen molar-refractivity contribution in [3.63, 3.8) is 0 Å². The number of pyridine rings is 1. The molecule has 1 heterocycles. The molecule has 0 unspecified atom stereocenters. The Morgan fingerprint density at radius 2 is 2.05 bits per heavy atom. The first-order chi connectivity index (χ1) is 9.39. The van der Waals surface area contributed by atoms with Gasteiger partial charge in [0.05, 0.1) is 10.6 Å². The van der Waals surface area contributed by atoms with Gasteiger partial charge < -0.3 is 10.6 Å². The predicted molar refractivity (Wildman–Crippen MR) is 84.5 cm³/mol. The largest absolute Gasteiger partial charge is 0.369 e. The van der Waals surface area contributed by atoms with Gasteiger partial charge >= 0.3 is 0 Å². The van der Waals surface area contributed by atoms with E-state index in [2.05, 4.69) is 29.5 Å². The molecule has 1 aromatic rings. The van der Waals surface area contributed by atoms with Crippen LogP contribution in [-0.4, -0.2) is 23.0 Å². The molecule has 1 rings (SSSR count). The van der Waals surface area contributed by atoms with E-state index in [9.17, 15) is 4.79 Å². The Balaban J connectivity index is 2.77. The molecule has 20 heavy (non-hydrogen) atoms. The van der Waals surface area contributed by atoms with E-state index >= 15 is 0 Å². The predicted octanol–water partition coefficient (Wildman–Crippen LogP) is 3.87. The molecule has 1 aromatic heterocycles. The van der Waals surface area contributed by atoms with Crippen LogP contribution in [-0.2, 0) is 0 Å². The number of hydrogen-bond acceptors (Lipinski definition) is 3. The van der Waals surface area contributed by atoms with Gasteiger partial charge in [0.1, 0.15) is 5.82 Å². The highest BCUT2D eigenvalue weighted by Crippen LogP contribution is 2.21. The summed E-state index contributed by atoms with van der Waals surface area (Å²) in [5.74, 6) is 0.484. The van der Waals surface area contributed by atoms with Gasteiger partial charge in [0.25, 0.3) is 5.91 Å². The third kappa shape index (κ3) is 5.00. The first kappa shape index (κ1) is 16.8. The summed E-state index contributed by atoms with van der Waals surface area (Å²) < 4.78 is 0. The van der Waals surface area contributed by atoms with Gasteiger partial charge in [-0.15, -0.1) is 0 Å². The summed E-state index contributed by atoms with van der Waals surface area (Å²) in [4.78, 5) is 16.4. The van der Waals surface area contributed by atoms with E-state index in [0.717, 1.165) is 25.8 Å². The standard InChI is InChI=1S/C15H24ClN3O/c1-5-7-15(3,4)19-14(20)11-9-12(16)13(18-10-11)17-8-6-2/h9-10H,5-8H2,1-4H3,(H,17,18)(H,19,20). The van der Waals surface area contributed by atoms with Crippen LogP contribution in [0, 0.1) is 0 Å². The van der Waals surface area contributed by atoms with Crippen LogP contribution >= 0.6 is 11.6 Å². The highest BCUT2D eigenvalue weighted by atomic mass is 35.5. The Morgan fingerprint density at radius 1 is 1.35 bits per heavy atom. The number of amides is 1. The topological polar surface area (TPSA) is 54.0 Å². The Kier molecular flexibility index (Phi) is 6.27. The monoisotopic (exact) mass is 297 g/mol. The van der Waals surface area contributed by atoms with Crippen LogP contribution in [0.3, 0.4) is 0 Å². The minimum absolute atomic E-state index is 0.139. The van der Waals surface area contributed by atoms with Crippen molar-refractivity contribution >= 4 is 23.3 Å². The van der Waals surface area contributed by atoms with Crippen molar-refractivity contribution in [2.45, 2.75) is 52.5 Å². The van der Waals surface area contributed by atoms with Crippen molar-refractivity contribution in [3.8, 4) is 0 Å². The third-order valence-corrected chi connectivity index (χ3v) is 3.26. The molecular formula is C15H24ClN3O. The molecule has 0 atom stereocenters. The summed E-state index contributed by atoms with van der Waals surface area (Å²) in [5.41, 5.74) is 0.262. The number of anilines is 1. The maximum Gasteiger partial charge on any atom is 0.253 e. The normalized spacial score (nSPS) is 11.2.